The summed E-state index contributed by atoms with van der Waals surface area (Å²) in [6.07, 6.45) is 3.78. The van der Waals surface area contributed by atoms with Crippen LogP contribution in [0.2, 0.25) is 0 Å². The van der Waals surface area contributed by atoms with Crippen LogP contribution in [0.15, 0.2) is 36.7 Å². The average molecular weight is 262 g/mol. The van der Waals surface area contributed by atoms with Gasteiger partial charge in [0.15, 0.2) is 0 Å². The van der Waals surface area contributed by atoms with Gasteiger partial charge in [0, 0.05) is 31.9 Å². The van der Waals surface area contributed by atoms with Crippen LogP contribution in [0.25, 0.3) is 0 Å². The smallest absolute Gasteiger partial charge is 0.123 e. The fraction of sp³-hybridized carbons (Fsp3) is 0.357. The standard InChI is InChI=1S/C14H19FN4/c1-18(9-11-4-3-5-13(15)6-11)14(7-16)12-8-17-19(2)10-12/h3-6,8,10,14H,7,9,16H2,1-2H3. The lowest BCUT2D eigenvalue weighted by Gasteiger charge is -2.26. The van der Waals surface area contributed by atoms with Crippen LogP contribution in [-0.4, -0.2) is 28.3 Å². The second-order valence-electron chi connectivity index (χ2n) is 4.74. The van der Waals surface area contributed by atoms with Gasteiger partial charge in [0.1, 0.15) is 5.82 Å². The Morgan fingerprint density at radius 1 is 1.47 bits per heavy atom. The van der Waals surface area contributed by atoms with Crippen LogP contribution in [0.1, 0.15) is 17.2 Å². The first kappa shape index (κ1) is 13.7. The van der Waals surface area contributed by atoms with Gasteiger partial charge in [-0.3, -0.25) is 9.58 Å². The molecule has 0 aliphatic carbocycles. The Balaban J connectivity index is 2.11. The quantitative estimate of drug-likeness (QED) is 0.892. The molecule has 1 heterocycles. The number of nitrogens with zero attached hydrogens (tertiary/aromatic N) is 3. The van der Waals surface area contributed by atoms with E-state index in [0.717, 1.165) is 11.1 Å². The highest BCUT2D eigenvalue weighted by molar-refractivity contribution is 5.17. The van der Waals surface area contributed by atoms with Crippen LogP contribution in [0.5, 0.6) is 0 Å². The van der Waals surface area contributed by atoms with Crippen molar-refractivity contribution >= 4 is 0 Å². The van der Waals surface area contributed by atoms with E-state index in [2.05, 4.69) is 10.00 Å². The first-order valence-corrected chi connectivity index (χ1v) is 6.23. The molecule has 1 atom stereocenters. The molecule has 0 radical (unpaired) electrons. The molecule has 5 heteroatoms. The summed E-state index contributed by atoms with van der Waals surface area (Å²) in [5.41, 5.74) is 7.85. The lowest BCUT2D eigenvalue weighted by Crippen LogP contribution is -2.30. The molecule has 2 aromatic rings. The molecule has 0 saturated carbocycles. The zero-order valence-electron chi connectivity index (χ0n) is 11.3. The van der Waals surface area contributed by atoms with Crippen molar-refractivity contribution in [1.29, 1.82) is 0 Å². The minimum absolute atomic E-state index is 0.0805. The van der Waals surface area contributed by atoms with Crippen LogP contribution in [-0.2, 0) is 13.6 Å². The number of halogens is 1. The van der Waals surface area contributed by atoms with Crippen molar-refractivity contribution in [2.24, 2.45) is 12.8 Å². The molecular formula is C14H19FN4. The van der Waals surface area contributed by atoms with Crippen molar-refractivity contribution in [3.63, 3.8) is 0 Å². The summed E-state index contributed by atoms with van der Waals surface area (Å²) in [6.45, 7) is 1.14. The van der Waals surface area contributed by atoms with Crippen molar-refractivity contribution in [3.05, 3.63) is 53.6 Å². The minimum Gasteiger partial charge on any atom is -0.329 e. The Hall–Kier alpha value is -1.72. The number of aromatic nitrogens is 2. The predicted octanol–water partition coefficient (Wildman–Crippen LogP) is 1.69. The van der Waals surface area contributed by atoms with Gasteiger partial charge in [0.05, 0.1) is 12.2 Å². The normalized spacial score (nSPS) is 12.9. The Labute approximate surface area is 112 Å². The molecule has 19 heavy (non-hydrogen) atoms. The number of likely N-dealkylation sites (N-methyl/N-ethyl adjacent to an activating group) is 1. The summed E-state index contributed by atoms with van der Waals surface area (Å²) in [6, 6.07) is 6.71. The van der Waals surface area contributed by atoms with Crippen molar-refractivity contribution in [2.45, 2.75) is 12.6 Å². The number of hydrogen-bond donors (Lipinski definition) is 1. The zero-order chi connectivity index (χ0) is 13.8. The third kappa shape index (κ3) is 3.39. The van der Waals surface area contributed by atoms with E-state index in [0.29, 0.717) is 13.1 Å². The summed E-state index contributed by atoms with van der Waals surface area (Å²) in [5.74, 6) is -0.212. The molecule has 0 spiro atoms. The predicted molar refractivity (Wildman–Crippen MR) is 72.9 cm³/mol. The van der Waals surface area contributed by atoms with Crippen molar-refractivity contribution in [1.82, 2.24) is 14.7 Å². The van der Waals surface area contributed by atoms with E-state index in [4.69, 9.17) is 5.73 Å². The summed E-state index contributed by atoms with van der Waals surface area (Å²) in [4.78, 5) is 2.10. The van der Waals surface area contributed by atoms with Crippen LogP contribution in [0, 0.1) is 5.82 Å². The molecule has 1 aromatic heterocycles. The van der Waals surface area contributed by atoms with Crippen molar-refractivity contribution < 1.29 is 4.39 Å². The van der Waals surface area contributed by atoms with Gasteiger partial charge in [-0.2, -0.15) is 5.10 Å². The lowest BCUT2D eigenvalue weighted by atomic mass is 10.1. The molecule has 0 aliphatic rings. The lowest BCUT2D eigenvalue weighted by molar-refractivity contribution is 0.241. The molecule has 1 unspecified atom stereocenters. The third-order valence-electron chi connectivity index (χ3n) is 3.19. The average Bonchev–Trinajstić information content (AvgIpc) is 2.76. The van der Waals surface area contributed by atoms with E-state index < -0.39 is 0 Å². The van der Waals surface area contributed by atoms with Crippen LogP contribution in [0.3, 0.4) is 0 Å². The maximum atomic E-state index is 13.2. The molecule has 0 amide bonds. The maximum absolute atomic E-state index is 13.2. The second-order valence-corrected chi connectivity index (χ2v) is 4.74. The largest absolute Gasteiger partial charge is 0.329 e. The Morgan fingerprint density at radius 2 is 2.26 bits per heavy atom. The minimum atomic E-state index is -0.212. The number of hydrogen-bond acceptors (Lipinski definition) is 3. The number of rotatable bonds is 5. The Morgan fingerprint density at radius 3 is 2.84 bits per heavy atom. The maximum Gasteiger partial charge on any atom is 0.123 e. The van der Waals surface area contributed by atoms with Crippen LogP contribution >= 0.6 is 0 Å². The highest BCUT2D eigenvalue weighted by atomic mass is 19.1. The topological polar surface area (TPSA) is 47.1 Å². The molecule has 1 aromatic carbocycles. The number of nitrogens with two attached hydrogens (primary N) is 1. The van der Waals surface area contributed by atoms with E-state index >= 15 is 0 Å². The molecule has 0 aliphatic heterocycles. The van der Waals surface area contributed by atoms with Gasteiger partial charge in [-0.1, -0.05) is 12.1 Å². The van der Waals surface area contributed by atoms with Gasteiger partial charge in [-0.15, -0.1) is 0 Å². The molecule has 2 rings (SSSR count). The molecule has 2 N–H and O–H groups in total. The van der Waals surface area contributed by atoms with Gasteiger partial charge < -0.3 is 5.73 Å². The van der Waals surface area contributed by atoms with Gasteiger partial charge in [0.25, 0.3) is 0 Å². The first-order chi connectivity index (χ1) is 9.10. The van der Waals surface area contributed by atoms with Gasteiger partial charge in [-0.25, -0.2) is 4.39 Å². The summed E-state index contributed by atoms with van der Waals surface area (Å²) < 4.78 is 14.9. The molecule has 0 fully saturated rings. The molecule has 0 saturated heterocycles. The van der Waals surface area contributed by atoms with Crippen LogP contribution in [0.4, 0.5) is 4.39 Å². The van der Waals surface area contributed by atoms with E-state index in [-0.39, 0.29) is 11.9 Å². The summed E-state index contributed by atoms with van der Waals surface area (Å²) >= 11 is 0. The fourth-order valence-electron chi connectivity index (χ4n) is 2.22. The van der Waals surface area contributed by atoms with E-state index in [1.807, 2.05) is 32.6 Å². The Kier molecular flexibility index (Phi) is 4.29. The summed E-state index contributed by atoms with van der Waals surface area (Å²) in [5, 5.41) is 4.16. The highest BCUT2D eigenvalue weighted by Gasteiger charge is 2.17. The first-order valence-electron chi connectivity index (χ1n) is 6.23. The monoisotopic (exact) mass is 262 g/mol. The SMILES string of the molecule is CN(Cc1cccc(F)c1)C(CN)c1cnn(C)c1. The van der Waals surface area contributed by atoms with Gasteiger partial charge in [0.2, 0.25) is 0 Å². The number of benzene rings is 1. The van der Waals surface area contributed by atoms with Crippen LogP contribution < -0.4 is 5.73 Å². The van der Waals surface area contributed by atoms with E-state index in [9.17, 15) is 4.39 Å². The molecule has 4 nitrogen and oxygen atoms in total. The Bertz CT molecular complexity index is 538. The fourth-order valence-corrected chi connectivity index (χ4v) is 2.22. The molecular weight excluding hydrogens is 243 g/mol. The second kappa shape index (κ2) is 5.95. The highest BCUT2D eigenvalue weighted by Crippen LogP contribution is 2.19. The van der Waals surface area contributed by atoms with E-state index in [1.54, 1.807) is 16.8 Å². The molecule has 102 valence electrons. The zero-order valence-corrected chi connectivity index (χ0v) is 11.3. The van der Waals surface area contributed by atoms with Crippen molar-refractivity contribution in [3.8, 4) is 0 Å². The molecule has 0 bridgehead atoms. The summed E-state index contributed by atoms with van der Waals surface area (Å²) in [7, 11) is 3.86. The van der Waals surface area contributed by atoms with Crippen molar-refractivity contribution in [2.75, 3.05) is 13.6 Å². The van der Waals surface area contributed by atoms with E-state index in [1.165, 1.54) is 6.07 Å². The van der Waals surface area contributed by atoms with Gasteiger partial charge >= 0.3 is 0 Å². The van der Waals surface area contributed by atoms with Gasteiger partial charge in [-0.05, 0) is 24.7 Å². The third-order valence-corrected chi connectivity index (χ3v) is 3.19. The number of aryl methyl sites for hydroxylation is 1.